The molecule has 0 saturated heterocycles. The van der Waals surface area contributed by atoms with Gasteiger partial charge in [-0.25, -0.2) is 0 Å². The maximum Gasteiger partial charge on any atom is 0.126 e. The van der Waals surface area contributed by atoms with E-state index in [9.17, 15) is 5.11 Å². The molecule has 2 nitrogen and oxygen atoms in total. The van der Waals surface area contributed by atoms with Gasteiger partial charge in [-0.3, -0.25) is 0 Å². The van der Waals surface area contributed by atoms with E-state index in [0.717, 1.165) is 24.2 Å². The summed E-state index contributed by atoms with van der Waals surface area (Å²) < 4.78 is 6.17. The second-order valence-electron chi connectivity index (χ2n) is 5.25. The highest BCUT2D eigenvalue weighted by Crippen LogP contribution is 2.46. The maximum absolute atomic E-state index is 10.3. The molecular formula is C14H17ClO2. The minimum atomic E-state index is -0.435. The van der Waals surface area contributed by atoms with Crippen LogP contribution in [0.25, 0.3) is 0 Å². The van der Waals surface area contributed by atoms with E-state index in [4.69, 9.17) is 16.3 Å². The van der Waals surface area contributed by atoms with Gasteiger partial charge in [0.2, 0.25) is 0 Å². The third-order valence-electron chi connectivity index (χ3n) is 3.99. The highest BCUT2D eigenvalue weighted by Gasteiger charge is 2.41. The number of hydrogen-bond donors (Lipinski definition) is 1. The monoisotopic (exact) mass is 252 g/mol. The lowest BCUT2D eigenvalue weighted by atomic mass is 9.78. The van der Waals surface area contributed by atoms with Gasteiger partial charge in [0.05, 0.1) is 6.10 Å². The van der Waals surface area contributed by atoms with E-state index in [1.807, 2.05) is 18.2 Å². The van der Waals surface area contributed by atoms with Crippen LogP contribution in [0, 0.1) is 0 Å². The number of hydrogen-bond acceptors (Lipinski definition) is 2. The van der Waals surface area contributed by atoms with Crippen molar-refractivity contribution in [2.24, 2.45) is 0 Å². The fraction of sp³-hybridized carbons (Fsp3) is 0.571. The van der Waals surface area contributed by atoms with E-state index in [0.29, 0.717) is 11.4 Å². The zero-order valence-electron chi connectivity index (χ0n) is 9.79. The van der Waals surface area contributed by atoms with Crippen molar-refractivity contribution >= 4 is 11.6 Å². The van der Waals surface area contributed by atoms with Crippen molar-refractivity contribution in [3.8, 4) is 5.75 Å². The molecule has 0 bridgehead atoms. The quantitative estimate of drug-likeness (QED) is 0.760. The van der Waals surface area contributed by atoms with Crippen LogP contribution in [0.2, 0.25) is 5.02 Å². The number of aliphatic hydroxyl groups is 1. The van der Waals surface area contributed by atoms with Crippen LogP contribution in [-0.4, -0.2) is 10.7 Å². The van der Waals surface area contributed by atoms with Crippen LogP contribution < -0.4 is 4.74 Å². The van der Waals surface area contributed by atoms with E-state index in [2.05, 4.69) is 0 Å². The van der Waals surface area contributed by atoms with E-state index in [1.165, 1.54) is 19.3 Å². The fourth-order valence-electron chi connectivity index (χ4n) is 3.11. The molecule has 0 aromatic heterocycles. The van der Waals surface area contributed by atoms with Crippen LogP contribution in [0.1, 0.15) is 50.2 Å². The van der Waals surface area contributed by atoms with E-state index >= 15 is 0 Å². The maximum atomic E-state index is 10.3. The smallest absolute Gasteiger partial charge is 0.126 e. The summed E-state index contributed by atoms with van der Waals surface area (Å²) in [5.74, 6) is 0.815. The topological polar surface area (TPSA) is 29.5 Å². The Morgan fingerprint density at radius 3 is 2.76 bits per heavy atom. The first-order valence-corrected chi connectivity index (χ1v) is 6.73. The molecule has 2 aliphatic rings. The Labute approximate surface area is 107 Å². The molecule has 92 valence electrons. The number of benzene rings is 1. The Hall–Kier alpha value is -0.730. The third-order valence-corrected chi connectivity index (χ3v) is 4.22. The van der Waals surface area contributed by atoms with Gasteiger partial charge in [-0.15, -0.1) is 0 Å². The molecule has 1 aliphatic carbocycles. The van der Waals surface area contributed by atoms with Crippen molar-refractivity contribution in [2.45, 2.75) is 50.2 Å². The molecule has 1 saturated carbocycles. The van der Waals surface area contributed by atoms with Gasteiger partial charge in [0.25, 0.3) is 0 Å². The normalized spacial score (nSPS) is 26.4. The van der Waals surface area contributed by atoms with Gasteiger partial charge >= 0.3 is 0 Å². The molecule has 0 radical (unpaired) electrons. The molecule has 1 atom stereocenters. The largest absolute Gasteiger partial charge is 0.487 e. The number of rotatable bonds is 0. The van der Waals surface area contributed by atoms with Crippen molar-refractivity contribution in [3.63, 3.8) is 0 Å². The van der Waals surface area contributed by atoms with Gasteiger partial charge in [0.1, 0.15) is 11.4 Å². The lowest BCUT2D eigenvalue weighted by Gasteiger charge is -2.43. The molecule has 1 spiro atoms. The minimum Gasteiger partial charge on any atom is -0.487 e. The summed E-state index contributed by atoms with van der Waals surface area (Å²) in [6.07, 6.45) is 6.09. The third kappa shape index (κ3) is 2.04. The van der Waals surface area contributed by atoms with Crippen molar-refractivity contribution in [2.75, 3.05) is 0 Å². The molecule has 3 rings (SSSR count). The molecule has 1 aromatic carbocycles. The number of ether oxygens (including phenoxy) is 1. The summed E-state index contributed by atoms with van der Waals surface area (Å²) in [5.41, 5.74) is 0.715. The molecule has 3 heteroatoms. The SMILES string of the molecule is OC1CC2(CCCCC2)Oc2ccc(Cl)cc21. The van der Waals surface area contributed by atoms with Crippen LogP contribution in [0.3, 0.4) is 0 Å². The summed E-state index contributed by atoms with van der Waals surface area (Å²) in [5, 5.41) is 10.9. The van der Waals surface area contributed by atoms with Crippen molar-refractivity contribution in [3.05, 3.63) is 28.8 Å². The Morgan fingerprint density at radius 1 is 1.24 bits per heavy atom. The van der Waals surface area contributed by atoms with Crippen LogP contribution >= 0.6 is 11.6 Å². The molecule has 1 unspecified atom stereocenters. The highest BCUT2D eigenvalue weighted by atomic mass is 35.5. The van der Waals surface area contributed by atoms with Crippen LogP contribution in [-0.2, 0) is 0 Å². The molecular weight excluding hydrogens is 236 g/mol. The fourth-order valence-corrected chi connectivity index (χ4v) is 3.29. The van der Waals surface area contributed by atoms with Gasteiger partial charge in [-0.2, -0.15) is 0 Å². The standard InChI is InChI=1S/C14H17ClO2/c15-10-4-5-13-11(8-10)12(16)9-14(17-13)6-2-1-3-7-14/h4-5,8,12,16H,1-3,6-7,9H2. The molecule has 1 aliphatic heterocycles. The van der Waals surface area contributed by atoms with Crippen LogP contribution in [0.4, 0.5) is 0 Å². The van der Waals surface area contributed by atoms with Gasteiger partial charge < -0.3 is 9.84 Å². The van der Waals surface area contributed by atoms with E-state index in [-0.39, 0.29) is 5.60 Å². The first-order chi connectivity index (χ1) is 8.19. The Kier molecular flexibility index (Phi) is 2.80. The minimum absolute atomic E-state index is 0.126. The molecule has 17 heavy (non-hydrogen) atoms. The van der Waals surface area contributed by atoms with Gasteiger partial charge in [-0.1, -0.05) is 18.0 Å². The predicted octanol–water partition coefficient (Wildman–Crippen LogP) is 3.86. The Balaban J connectivity index is 1.94. The molecule has 1 fully saturated rings. The van der Waals surface area contributed by atoms with Crippen molar-refractivity contribution in [1.29, 1.82) is 0 Å². The summed E-state index contributed by atoms with van der Waals surface area (Å²) in [6, 6.07) is 5.53. The van der Waals surface area contributed by atoms with Gasteiger partial charge in [0.15, 0.2) is 0 Å². The molecule has 1 aromatic rings. The number of aliphatic hydroxyl groups excluding tert-OH is 1. The lowest BCUT2D eigenvalue weighted by molar-refractivity contribution is -0.0381. The first-order valence-electron chi connectivity index (χ1n) is 6.35. The first kappa shape index (κ1) is 11.4. The molecule has 1 N–H and O–H groups in total. The second kappa shape index (κ2) is 4.18. The lowest BCUT2D eigenvalue weighted by Crippen LogP contribution is -2.42. The zero-order chi connectivity index (χ0) is 11.9. The predicted molar refractivity (Wildman–Crippen MR) is 67.5 cm³/mol. The second-order valence-corrected chi connectivity index (χ2v) is 5.68. The Bertz CT molecular complexity index is 424. The van der Waals surface area contributed by atoms with Crippen molar-refractivity contribution < 1.29 is 9.84 Å². The van der Waals surface area contributed by atoms with Crippen molar-refractivity contribution in [1.82, 2.24) is 0 Å². The van der Waals surface area contributed by atoms with Gasteiger partial charge in [0, 0.05) is 17.0 Å². The molecule has 0 amide bonds. The summed E-state index contributed by atoms with van der Waals surface area (Å²) in [7, 11) is 0. The summed E-state index contributed by atoms with van der Waals surface area (Å²) in [4.78, 5) is 0. The zero-order valence-corrected chi connectivity index (χ0v) is 10.5. The Morgan fingerprint density at radius 2 is 2.00 bits per heavy atom. The van der Waals surface area contributed by atoms with E-state index < -0.39 is 6.10 Å². The number of halogens is 1. The summed E-state index contributed by atoms with van der Waals surface area (Å²) >= 11 is 5.95. The summed E-state index contributed by atoms with van der Waals surface area (Å²) in [6.45, 7) is 0. The van der Waals surface area contributed by atoms with Crippen LogP contribution in [0.15, 0.2) is 18.2 Å². The van der Waals surface area contributed by atoms with E-state index in [1.54, 1.807) is 0 Å². The average molecular weight is 253 g/mol. The average Bonchev–Trinajstić information content (AvgIpc) is 2.31. The molecule has 1 heterocycles. The highest BCUT2D eigenvalue weighted by molar-refractivity contribution is 6.30. The van der Waals surface area contributed by atoms with Gasteiger partial charge in [-0.05, 0) is 43.9 Å². The van der Waals surface area contributed by atoms with Crippen LogP contribution in [0.5, 0.6) is 5.75 Å². The number of fused-ring (bicyclic) bond motifs is 1.